The van der Waals surface area contributed by atoms with Crippen molar-refractivity contribution in [2.75, 3.05) is 11.9 Å². The summed E-state index contributed by atoms with van der Waals surface area (Å²) in [7, 11) is 0. The minimum Gasteiger partial charge on any atom is -0.455 e. The van der Waals surface area contributed by atoms with Gasteiger partial charge in [0.15, 0.2) is 0 Å². The van der Waals surface area contributed by atoms with Gasteiger partial charge in [-0.25, -0.2) is 5.43 Å². The number of nitro groups is 1. The standard InChI is InChI=1S/C20H17ClN4O4/c1-13-2-8-17(18(10-13)25(27)28)19-9-7-16(29-19)11-23-24-20(26)12-22-15-5-3-14(21)4-6-15/h2-11,22H,12H2,1H3,(H,24,26)/b23-11-. The van der Waals surface area contributed by atoms with E-state index in [1.54, 1.807) is 55.5 Å². The molecule has 0 aliphatic rings. The van der Waals surface area contributed by atoms with E-state index in [9.17, 15) is 14.9 Å². The van der Waals surface area contributed by atoms with Crippen LogP contribution >= 0.6 is 11.6 Å². The van der Waals surface area contributed by atoms with Gasteiger partial charge < -0.3 is 9.73 Å². The molecule has 0 saturated carbocycles. The summed E-state index contributed by atoms with van der Waals surface area (Å²) in [4.78, 5) is 22.6. The molecule has 0 atom stereocenters. The highest BCUT2D eigenvalue weighted by molar-refractivity contribution is 6.30. The van der Waals surface area contributed by atoms with Crippen LogP contribution in [0.3, 0.4) is 0 Å². The van der Waals surface area contributed by atoms with Crippen molar-refractivity contribution in [1.82, 2.24) is 5.43 Å². The number of rotatable bonds is 7. The van der Waals surface area contributed by atoms with Crippen molar-refractivity contribution in [3.8, 4) is 11.3 Å². The maximum Gasteiger partial charge on any atom is 0.280 e. The molecule has 3 rings (SSSR count). The zero-order valence-corrected chi connectivity index (χ0v) is 16.1. The van der Waals surface area contributed by atoms with Crippen molar-refractivity contribution < 1.29 is 14.1 Å². The average Bonchev–Trinajstić information content (AvgIpc) is 3.16. The van der Waals surface area contributed by atoms with Gasteiger partial charge in [-0.1, -0.05) is 17.7 Å². The van der Waals surface area contributed by atoms with Crippen LogP contribution in [0.4, 0.5) is 11.4 Å². The lowest BCUT2D eigenvalue weighted by Crippen LogP contribution is -2.25. The molecule has 9 heteroatoms. The van der Waals surface area contributed by atoms with Crippen molar-refractivity contribution in [2.24, 2.45) is 5.10 Å². The van der Waals surface area contributed by atoms with Crippen LogP contribution in [0.5, 0.6) is 0 Å². The van der Waals surface area contributed by atoms with Gasteiger partial charge in [-0.3, -0.25) is 14.9 Å². The minimum atomic E-state index is -0.452. The van der Waals surface area contributed by atoms with E-state index in [4.69, 9.17) is 16.0 Å². The van der Waals surface area contributed by atoms with E-state index in [2.05, 4.69) is 15.8 Å². The predicted octanol–water partition coefficient (Wildman–Crippen LogP) is 4.38. The zero-order valence-electron chi connectivity index (χ0n) is 15.4. The number of furan rings is 1. The van der Waals surface area contributed by atoms with Gasteiger partial charge in [-0.2, -0.15) is 5.10 Å². The number of carbonyl (C=O) groups excluding carboxylic acids is 1. The Kier molecular flexibility index (Phi) is 6.25. The molecule has 0 spiro atoms. The van der Waals surface area contributed by atoms with Gasteiger partial charge in [-0.05, 0) is 55.0 Å². The second-order valence-corrected chi connectivity index (χ2v) is 6.57. The van der Waals surface area contributed by atoms with Crippen molar-refractivity contribution >= 4 is 35.1 Å². The molecule has 0 radical (unpaired) electrons. The zero-order chi connectivity index (χ0) is 20.8. The van der Waals surface area contributed by atoms with Gasteiger partial charge in [0, 0.05) is 16.8 Å². The van der Waals surface area contributed by atoms with Crippen molar-refractivity contribution in [2.45, 2.75) is 6.92 Å². The summed E-state index contributed by atoms with van der Waals surface area (Å²) in [5, 5.41) is 18.6. The predicted molar refractivity (Wildman–Crippen MR) is 111 cm³/mol. The van der Waals surface area contributed by atoms with E-state index in [-0.39, 0.29) is 18.1 Å². The first-order chi connectivity index (χ1) is 13.9. The fraction of sp³-hybridized carbons (Fsp3) is 0.100. The molecule has 0 unspecified atom stereocenters. The van der Waals surface area contributed by atoms with Crippen molar-refractivity contribution in [1.29, 1.82) is 0 Å². The fourth-order valence-corrected chi connectivity index (χ4v) is 2.65. The van der Waals surface area contributed by atoms with Gasteiger partial charge in [-0.15, -0.1) is 0 Å². The lowest BCUT2D eigenvalue weighted by Gasteiger charge is -2.04. The van der Waals surface area contributed by atoms with Crippen LogP contribution in [0.1, 0.15) is 11.3 Å². The number of amides is 1. The van der Waals surface area contributed by atoms with E-state index in [0.29, 0.717) is 22.1 Å². The van der Waals surface area contributed by atoms with Crippen LogP contribution in [-0.2, 0) is 4.79 Å². The van der Waals surface area contributed by atoms with Gasteiger partial charge in [0.1, 0.15) is 11.5 Å². The average molecular weight is 413 g/mol. The van der Waals surface area contributed by atoms with Gasteiger partial charge >= 0.3 is 0 Å². The maximum absolute atomic E-state index is 11.8. The molecular weight excluding hydrogens is 396 g/mol. The van der Waals surface area contributed by atoms with Crippen LogP contribution in [0, 0.1) is 17.0 Å². The molecule has 0 fully saturated rings. The Morgan fingerprint density at radius 2 is 1.97 bits per heavy atom. The van der Waals surface area contributed by atoms with Crippen LogP contribution in [-0.4, -0.2) is 23.6 Å². The summed E-state index contributed by atoms with van der Waals surface area (Å²) < 4.78 is 5.59. The Morgan fingerprint density at radius 1 is 1.21 bits per heavy atom. The topological polar surface area (TPSA) is 110 Å². The van der Waals surface area contributed by atoms with Crippen LogP contribution in [0.2, 0.25) is 5.02 Å². The largest absolute Gasteiger partial charge is 0.455 e. The summed E-state index contributed by atoms with van der Waals surface area (Å²) in [6.07, 6.45) is 1.32. The number of hydrogen-bond acceptors (Lipinski definition) is 6. The molecule has 0 aliphatic heterocycles. The molecule has 0 bridgehead atoms. The highest BCUT2D eigenvalue weighted by atomic mass is 35.5. The molecule has 3 aromatic rings. The molecule has 29 heavy (non-hydrogen) atoms. The highest BCUT2D eigenvalue weighted by Crippen LogP contribution is 2.31. The second-order valence-electron chi connectivity index (χ2n) is 6.13. The Hall–Kier alpha value is -3.65. The molecule has 1 heterocycles. The van der Waals surface area contributed by atoms with Crippen molar-refractivity contribution in [3.63, 3.8) is 0 Å². The third-order valence-electron chi connectivity index (χ3n) is 3.92. The van der Waals surface area contributed by atoms with Gasteiger partial charge in [0.2, 0.25) is 0 Å². The summed E-state index contributed by atoms with van der Waals surface area (Å²) in [6.45, 7) is 1.80. The monoisotopic (exact) mass is 412 g/mol. The molecule has 8 nitrogen and oxygen atoms in total. The Morgan fingerprint density at radius 3 is 2.69 bits per heavy atom. The Labute approximate surface area is 171 Å². The smallest absolute Gasteiger partial charge is 0.280 e. The molecular formula is C20H17ClN4O4. The number of halogens is 1. The third-order valence-corrected chi connectivity index (χ3v) is 4.17. The van der Waals surface area contributed by atoms with Crippen LogP contribution in [0.25, 0.3) is 11.3 Å². The number of aryl methyl sites for hydroxylation is 1. The number of nitrogens with one attached hydrogen (secondary N) is 2. The van der Waals surface area contributed by atoms with E-state index in [0.717, 1.165) is 11.3 Å². The SMILES string of the molecule is Cc1ccc(-c2ccc(/C=N\NC(=O)CNc3ccc(Cl)cc3)o2)c([N+](=O)[O-])c1. The number of carbonyl (C=O) groups is 1. The molecule has 1 aromatic heterocycles. The van der Waals surface area contributed by atoms with Crippen molar-refractivity contribution in [3.05, 3.63) is 81.1 Å². The number of anilines is 1. The number of nitro benzene ring substituents is 1. The second kappa shape index (κ2) is 9.03. The third kappa shape index (κ3) is 5.43. The summed E-state index contributed by atoms with van der Waals surface area (Å²) >= 11 is 5.80. The molecule has 2 N–H and O–H groups in total. The van der Waals surface area contributed by atoms with E-state index in [1.807, 2.05) is 0 Å². The minimum absolute atomic E-state index is 0.0257. The molecule has 0 saturated heterocycles. The molecule has 1 amide bonds. The molecule has 148 valence electrons. The summed E-state index contributed by atoms with van der Waals surface area (Å²) in [5.41, 5.74) is 4.24. The number of hydrazone groups is 1. The van der Waals surface area contributed by atoms with Crippen LogP contribution in [0.15, 0.2) is 64.1 Å². The van der Waals surface area contributed by atoms with E-state index >= 15 is 0 Å². The number of nitrogens with zero attached hydrogens (tertiary/aromatic N) is 2. The number of hydrogen-bond donors (Lipinski definition) is 2. The Bertz CT molecular complexity index is 1060. The summed E-state index contributed by atoms with van der Waals surface area (Å²) in [5.74, 6) is 0.340. The highest BCUT2D eigenvalue weighted by Gasteiger charge is 2.18. The molecule has 0 aliphatic carbocycles. The first-order valence-corrected chi connectivity index (χ1v) is 8.97. The first kappa shape index (κ1) is 20.1. The summed E-state index contributed by atoms with van der Waals surface area (Å²) in [6, 6.07) is 15.1. The number of benzene rings is 2. The lowest BCUT2D eigenvalue weighted by atomic mass is 10.1. The lowest BCUT2D eigenvalue weighted by molar-refractivity contribution is -0.384. The normalized spacial score (nSPS) is 10.8. The first-order valence-electron chi connectivity index (χ1n) is 8.59. The quantitative estimate of drug-likeness (QED) is 0.340. The van der Waals surface area contributed by atoms with E-state index in [1.165, 1.54) is 12.3 Å². The van der Waals surface area contributed by atoms with E-state index < -0.39 is 4.92 Å². The molecule has 2 aromatic carbocycles. The van der Waals surface area contributed by atoms with Crippen LogP contribution < -0.4 is 10.7 Å². The van der Waals surface area contributed by atoms with Gasteiger partial charge in [0.25, 0.3) is 11.6 Å². The maximum atomic E-state index is 11.8. The Balaban J connectivity index is 1.59. The van der Waals surface area contributed by atoms with Gasteiger partial charge in [0.05, 0.1) is 23.2 Å². The fourth-order valence-electron chi connectivity index (χ4n) is 2.53.